The van der Waals surface area contributed by atoms with E-state index in [0.29, 0.717) is 17.2 Å². The van der Waals surface area contributed by atoms with Crippen molar-refractivity contribution in [3.63, 3.8) is 0 Å². The minimum atomic E-state index is -0.582. The van der Waals surface area contributed by atoms with Crippen LogP contribution in [0.15, 0.2) is 23.6 Å². The molecule has 1 saturated heterocycles. The number of unbranched alkanes of at least 4 members (excludes halogenated alkanes) is 3. The van der Waals surface area contributed by atoms with Gasteiger partial charge in [0.25, 0.3) is 0 Å². The molecule has 0 radical (unpaired) electrons. The summed E-state index contributed by atoms with van der Waals surface area (Å²) in [6.45, 7) is 3.55. The smallest absolute Gasteiger partial charge is 0.136 e. The van der Waals surface area contributed by atoms with Crippen LogP contribution in [-0.2, 0) is 11.3 Å². The summed E-state index contributed by atoms with van der Waals surface area (Å²) in [4.78, 5) is 4.40. The van der Waals surface area contributed by atoms with Crippen LogP contribution in [0.25, 0.3) is 10.6 Å². The van der Waals surface area contributed by atoms with Crippen LogP contribution in [0.2, 0.25) is 0 Å². The van der Waals surface area contributed by atoms with E-state index >= 15 is 0 Å². The molecule has 0 bridgehead atoms. The number of nitrogens with one attached hydrogen (secondary N) is 1. The summed E-state index contributed by atoms with van der Waals surface area (Å²) in [6.07, 6.45) is 10.3. The Kier molecular flexibility index (Phi) is 8.83. The van der Waals surface area contributed by atoms with Gasteiger partial charge in [0.15, 0.2) is 0 Å². The molecule has 0 spiro atoms. The molecule has 3 nitrogen and oxygen atoms in total. The summed E-state index contributed by atoms with van der Waals surface area (Å²) in [7, 11) is 0. The zero-order valence-electron chi connectivity index (χ0n) is 16.4. The highest BCUT2D eigenvalue weighted by atomic mass is 32.1. The number of nitrogens with zero attached hydrogens (tertiary/aromatic N) is 1. The molecule has 0 aliphatic carbocycles. The molecule has 1 aromatic heterocycles. The van der Waals surface area contributed by atoms with Crippen molar-refractivity contribution in [2.75, 3.05) is 19.7 Å². The molecule has 1 aromatic carbocycles. The summed E-state index contributed by atoms with van der Waals surface area (Å²) < 4.78 is 32.6. The summed E-state index contributed by atoms with van der Waals surface area (Å²) in [6, 6.07) is 3.57. The van der Waals surface area contributed by atoms with Gasteiger partial charge in [-0.2, -0.15) is 0 Å². The summed E-state index contributed by atoms with van der Waals surface area (Å²) >= 11 is 1.35. The minimum absolute atomic E-state index is 0.335. The van der Waals surface area contributed by atoms with Crippen LogP contribution < -0.4 is 5.32 Å². The third-order valence-corrected chi connectivity index (χ3v) is 6.19. The fourth-order valence-corrected chi connectivity index (χ4v) is 4.50. The van der Waals surface area contributed by atoms with Crippen LogP contribution in [0.3, 0.4) is 0 Å². The second kappa shape index (κ2) is 11.6. The van der Waals surface area contributed by atoms with Crippen molar-refractivity contribution in [1.29, 1.82) is 0 Å². The molecule has 1 aliphatic heterocycles. The molecule has 1 unspecified atom stereocenters. The van der Waals surface area contributed by atoms with Gasteiger partial charge in [0, 0.05) is 23.6 Å². The second-order valence-corrected chi connectivity index (χ2v) is 8.45. The molecule has 0 saturated carbocycles. The number of halogens is 2. The lowest BCUT2D eigenvalue weighted by Crippen LogP contribution is -2.20. The number of thiazole rings is 1. The van der Waals surface area contributed by atoms with Gasteiger partial charge in [-0.15, -0.1) is 11.3 Å². The van der Waals surface area contributed by atoms with Crippen molar-refractivity contribution in [1.82, 2.24) is 10.3 Å². The van der Waals surface area contributed by atoms with E-state index in [1.807, 2.05) is 5.38 Å². The first-order valence-electron chi connectivity index (χ1n) is 10.4. The Morgan fingerprint density at radius 2 is 2.04 bits per heavy atom. The number of aromatic nitrogens is 1. The maximum Gasteiger partial charge on any atom is 0.136 e. The van der Waals surface area contributed by atoms with Crippen LogP contribution in [0.5, 0.6) is 0 Å². The molecule has 6 heteroatoms. The van der Waals surface area contributed by atoms with Crippen molar-refractivity contribution in [2.45, 2.75) is 58.0 Å². The maximum atomic E-state index is 13.8. The largest absolute Gasteiger partial charge is 0.375 e. The van der Waals surface area contributed by atoms with Crippen LogP contribution in [0.1, 0.15) is 57.1 Å². The Morgan fingerprint density at radius 3 is 2.93 bits per heavy atom. The van der Waals surface area contributed by atoms with E-state index < -0.39 is 11.6 Å². The average molecular weight is 409 g/mol. The molecule has 2 aromatic rings. The number of rotatable bonds is 10. The Balaban J connectivity index is 1.27. The normalized spacial score (nSPS) is 17.6. The Labute approximate surface area is 170 Å². The third-order valence-electron chi connectivity index (χ3n) is 5.26. The van der Waals surface area contributed by atoms with Gasteiger partial charge >= 0.3 is 0 Å². The highest BCUT2D eigenvalue weighted by molar-refractivity contribution is 7.13. The van der Waals surface area contributed by atoms with Crippen molar-refractivity contribution >= 4 is 11.3 Å². The fraction of sp³-hybridized carbons (Fsp3) is 0.591. The molecule has 1 N–H and O–H groups in total. The van der Waals surface area contributed by atoms with Gasteiger partial charge < -0.3 is 10.1 Å². The van der Waals surface area contributed by atoms with E-state index in [0.717, 1.165) is 30.7 Å². The number of ether oxygens (including phenoxy) is 1. The number of hydrogen-bond acceptors (Lipinski definition) is 4. The molecule has 154 valence electrons. The number of benzene rings is 1. The zero-order valence-corrected chi connectivity index (χ0v) is 17.2. The summed E-state index contributed by atoms with van der Waals surface area (Å²) in [5, 5.41) is 5.97. The summed E-state index contributed by atoms with van der Waals surface area (Å²) in [5.41, 5.74) is 1.13. The topological polar surface area (TPSA) is 34.1 Å². The van der Waals surface area contributed by atoms with Crippen LogP contribution in [0.4, 0.5) is 8.78 Å². The molecular weight excluding hydrogens is 378 g/mol. The van der Waals surface area contributed by atoms with Gasteiger partial charge in [0.05, 0.1) is 12.3 Å². The maximum absolute atomic E-state index is 13.8. The van der Waals surface area contributed by atoms with Gasteiger partial charge in [0.1, 0.15) is 16.6 Å². The molecule has 1 aliphatic rings. The second-order valence-electron chi connectivity index (χ2n) is 7.59. The molecule has 28 heavy (non-hydrogen) atoms. The standard InChI is InChI=1S/C22H30F2N2OS/c23-18-9-10-20(21(24)13-18)22-26-19(16-28-22)15-27-12-6-2-1-3-7-17-8-4-5-11-25-14-17/h9-10,13,16-17,25H,1-8,11-12,14-15H2. The highest BCUT2D eigenvalue weighted by Gasteiger charge is 2.12. The molecular formula is C22H30F2N2OS. The molecule has 0 amide bonds. The van der Waals surface area contributed by atoms with Crippen LogP contribution in [-0.4, -0.2) is 24.7 Å². The summed E-state index contributed by atoms with van der Waals surface area (Å²) in [5.74, 6) is -0.294. The molecule has 3 rings (SSSR count). The van der Waals surface area contributed by atoms with Crippen LogP contribution >= 0.6 is 11.3 Å². The van der Waals surface area contributed by atoms with Crippen molar-refractivity contribution in [3.8, 4) is 10.6 Å². The average Bonchev–Trinajstić information content (AvgIpc) is 2.98. The molecule has 2 heterocycles. The lowest BCUT2D eigenvalue weighted by Gasteiger charge is -2.13. The number of hydrogen-bond donors (Lipinski definition) is 1. The Morgan fingerprint density at radius 1 is 1.14 bits per heavy atom. The van der Waals surface area contributed by atoms with Gasteiger partial charge in [-0.25, -0.2) is 13.8 Å². The van der Waals surface area contributed by atoms with Gasteiger partial charge in [-0.1, -0.05) is 25.7 Å². The van der Waals surface area contributed by atoms with E-state index in [1.54, 1.807) is 0 Å². The Bertz CT molecular complexity index is 714. The van der Waals surface area contributed by atoms with Gasteiger partial charge in [-0.3, -0.25) is 0 Å². The van der Waals surface area contributed by atoms with E-state index in [-0.39, 0.29) is 0 Å². The van der Waals surface area contributed by atoms with E-state index in [9.17, 15) is 8.78 Å². The van der Waals surface area contributed by atoms with E-state index in [4.69, 9.17) is 4.74 Å². The first-order valence-corrected chi connectivity index (χ1v) is 11.3. The SMILES string of the molecule is Fc1ccc(-c2nc(COCCCCCCC3CCCCNC3)cs2)c(F)c1. The van der Waals surface area contributed by atoms with E-state index in [2.05, 4.69) is 10.3 Å². The molecule has 1 fully saturated rings. The fourth-order valence-electron chi connectivity index (χ4n) is 3.66. The zero-order chi connectivity index (χ0) is 19.6. The lowest BCUT2D eigenvalue weighted by atomic mass is 9.96. The third kappa shape index (κ3) is 6.90. The Hall–Kier alpha value is -1.37. The van der Waals surface area contributed by atoms with Gasteiger partial charge in [0.2, 0.25) is 0 Å². The minimum Gasteiger partial charge on any atom is -0.375 e. The van der Waals surface area contributed by atoms with Crippen molar-refractivity contribution < 1.29 is 13.5 Å². The van der Waals surface area contributed by atoms with Crippen LogP contribution in [0, 0.1) is 17.6 Å². The van der Waals surface area contributed by atoms with Crippen molar-refractivity contribution in [3.05, 3.63) is 40.9 Å². The van der Waals surface area contributed by atoms with E-state index in [1.165, 1.54) is 81.5 Å². The van der Waals surface area contributed by atoms with Gasteiger partial charge in [-0.05, 0) is 56.8 Å². The first kappa shape index (κ1) is 21.3. The van der Waals surface area contributed by atoms with Crippen molar-refractivity contribution in [2.24, 2.45) is 5.92 Å². The first-order chi connectivity index (χ1) is 13.7. The predicted octanol–water partition coefficient (Wildman–Crippen LogP) is 5.95. The lowest BCUT2D eigenvalue weighted by molar-refractivity contribution is 0.114. The molecule has 1 atom stereocenters. The monoisotopic (exact) mass is 408 g/mol. The predicted molar refractivity (Wildman–Crippen MR) is 110 cm³/mol. The quantitative estimate of drug-likeness (QED) is 0.494. The highest BCUT2D eigenvalue weighted by Crippen LogP contribution is 2.27.